The Morgan fingerprint density at radius 2 is 1.55 bits per heavy atom. The van der Waals surface area contributed by atoms with E-state index in [-0.39, 0.29) is 24.3 Å². The van der Waals surface area contributed by atoms with E-state index < -0.39 is 16.2 Å². The van der Waals surface area contributed by atoms with Crippen LogP contribution in [0.3, 0.4) is 0 Å². The van der Waals surface area contributed by atoms with E-state index in [1.54, 1.807) is 14.2 Å². The lowest BCUT2D eigenvalue weighted by molar-refractivity contribution is -0.168. The second-order valence-corrected chi connectivity index (χ2v) is 11.5. The Kier molecular flexibility index (Phi) is 6.06. The highest BCUT2D eigenvalue weighted by molar-refractivity contribution is 6.19. The summed E-state index contributed by atoms with van der Waals surface area (Å²) in [7, 11) is 4.71. The van der Waals surface area contributed by atoms with E-state index in [9.17, 15) is 9.59 Å². The number of rotatable bonds is 6. The number of hydrogen-bond acceptors (Lipinski definition) is 5. The Labute approximate surface area is 235 Å². The van der Waals surface area contributed by atoms with E-state index in [1.165, 1.54) is 12.7 Å². The number of carbonyl (C=O) groups is 2. The zero-order valence-corrected chi connectivity index (χ0v) is 23.5. The van der Waals surface area contributed by atoms with Crippen LogP contribution in [-0.4, -0.2) is 51.2 Å². The van der Waals surface area contributed by atoms with Crippen molar-refractivity contribution < 1.29 is 23.8 Å². The van der Waals surface area contributed by atoms with Crippen LogP contribution >= 0.6 is 0 Å². The number of para-hydroxylation sites is 1. The van der Waals surface area contributed by atoms with Gasteiger partial charge in [0, 0.05) is 41.0 Å². The minimum Gasteiger partial charge on any atom is -0.497 e. The van der Waals surface area contributed by atoms with Crippen LogP contribution in [-0.2, 0) is 25.2 Å². The maximum atomic E-state index is 14.1. The fourth-order valence-corrected chi connectivity index (χ4v) is 8.24. The molecule has 2 fully saturated rings. The molecule has 1 saturated heterocycles. The number of carbonyl (C=O) groups excluding carboxylic acids is 2. The van der Waals surface area contributed by atoms with Crippen LogP contribution in [0.1, 0.15) is 42.0 Å². The van der Waals surface area contributed by atoms with E-state index in [1.807, 2.05) is 47.4 Å². The molecule has 4 unspecified atom stereocenters. The SMILES string of the molecule is C=C(C(=O)N1CC2C3(c4ccc(OC)cc4)CCC(C)(c4ccccc43)C2(C(=O)OC)C1)c1ccccc1OC. The van der Waals surface area contributed by atoms with Gasteiger partial charge in [-0.15, -0.1) is 0 Å². The number of hydrogen-bond donors (Lipinski definition) is 0. The number of ether oxygens (including phenoxy) is 3. The summed E-state index contributed by atoms with van der Waals surface area (Å²) in [5, 5.41) is 0. The molecule has 1 amide bonds. The summed E-state index contributed by atoms with van der Waals surface area (Å²) < 4.78 is 16.6. The number of benzene rings is 3. The smallest absolute Gasteiger partial charge is 0.314 e. The molecule has 1 saturated carbocycles. The van der Waals surface area contributed by atoms with Crippen LogP contribution < -0.4 is 9.47 Å². The van der Waals surface area contributed by atoms with Crippen molar-refractivity contribution in [3.63, 3.8) is 0 Å². The number of methoxy groups -OCH3 is 3. The molecule has 3 aromatic rings. The van der Waals surface area contributed by atoms with E-state index in [4.69, 9.17) is 14.2 Å². The second-order valence-electron chi connectivity index (χ2n) is 11.5. The predicted octanol–water partition coefficient (Wildman–Crippen LogP) is 5.39. The lowest BCUT2D eigenvalue weighted by Gasteiger charge is -2.64. The van der Waals surface area contributed by atoms with Gasteiger partial charge in [0.25, 0.3) is 5.91 Å². The van der Waals surface area contributed by atoms with Gasteiger partial charge in [-0.2, -0.15) is 0 Å². The maximum Gasteiger partial charge on any atom is 0.314 e. The number of nitrogens with zero attached hydrogens (tertiary/aromatic N) is 1. The molecule has 0 N–H and O–H groups in total. The molecule has 3 aliphatic carbocycles. The van der Waals surface area contributed by atoms with Crippen molar-refractivity contribution in [1.29, 1.82) is 0 Å². The van der Waals surface area contributed by atoms with Gasteiger partial charge < -0.3 is 19.1 Å². The Bertz CT molecular complexity index is 1510. The highest BCUT2D eigenvalue weighted by Crippen LogP contribution is 2.71. The third-order valence-corrected chi connectivity index (χ3v) is 10.2. The van der Waals surface area contributed by atoms with Crippen molar-refractivity contribution in [1.82, 2.24) is 4.90 Å². The first-order valence-corrected chi connectivity index (χ1v) is 13.7. The molecule has 6 nitrogen and oxygen atoms in total. The van der Waals surface area contributed by atoms with Gasteiger partial charge in [-0.1, -0.05) is 68.1 Å². The summed E-state index contributed by atoms with van der Waals surface area (Å²) >= 11 is 0. The number of fused-ring (bicyclic) bond motifs is 1. The third kappa shape index (κ3) is 3.22. The molecule has 3 aromatic carbocycles. The van der Waals surface area contributed by atoms with Crippen LogP contribution in [0.4, 0.5) is 0 Å². The maximum absolute atomic E-state index is 14.1. The average Bonchev–Trinajstić information content (AvgIpc) is 3.45. The summed E-state index contributed by atoms with van der Waals surface area (Å²) in [5.74, 6) is 0.725. The van der Waals surface area contributed by atoms with E-state index in [0.29, 0.717) is 23.4 Å². The molecular formula is C34H35NO5. The lowest BCUT2D eigenvalue weighted by Crippen LogP contribution is -2.67. The predicted molar refractivity (Wildman–Crippen MR) is 153 cm³/mol. The van der Waals surface area contributed by atoms with Gasteiger partial charge in [0.1, 0.15) is 16.9 Å². The van der Waals surface area contributed by atoms with Crippen molar-refractivity contribution in [2.45, 2.75) is 30.6 Å². The van der Waals surface area contributed by atoms with Gasteiger partial charge in [-0.3, -0.25) is 9.59 Å². The molecule has 40 heavy (non-hydrogen) atoms. The number of esters is 1. The average molecular weight is 538 g/mol. The normalized spacial score (nSPS) is 27.9. The molecule has 206 valence electrons. The third-order valence-electron chi connectivity index (χ3n) is 10.2. The number of likely N-dealkylation sites (tertiary alicyclic amines) is 1. The zero-order valence-electron chi connectivity index (χ0n) is 23.5. The van der Waals surface area contributed by atoms with Crippen molar-refractivity contribution in [2.75, 3.05) is 34.4 Å². The molecule has 7 rings (SSSR count). The van der Waals surface area contributed by atoms with Crippen LogP contribution in [0.5, 0.6) is 11.5 Å². The summed E-state index contributed by atoms with van der Waals surface area (Å²) in [5.41, 5.74) is 2.62. The van der Waals surface area contributed by atoms with Gasteiger partial charge in [-0.25, -0.2) is 0 Å². The highest BCUT2D eigenvalue weighted by Gasteiger charge is 2.75. The van der Waals surface area contributed by atoms with Gasteiger partial charge in [0.2, 0.25) is 0 Å². The van der Waals surface area contributed by atoms with Crippen molar-refractivity contribution >= 4 is 17.4 Å². The van der Waals surface area contributed by atoms with Gasteiger partial charge in [-0.05, 0) is 47.7 Å². The molecule has 0 spiro atoms. The van der Waals surface area contributed by atoms with Gasteiger partial charge in [0.15, 0.2) is 0 Å². The highest BCUT2D eigenvalue weighted by atomic mass is 16.5. The summed E-state index contributed by atoms with van der Waals surface area (Å²) in [6.45, 7) is 7.06. The van der Waals surface area contributed by atoms with Crippen LogP contribution in [0.15, 0.2) is 79.4 Å². The lowest BCUT2D eigenvalue weighted by atomic mass is 9.37. The number of amides is 1. The largest absolute Gasteiger partial charge is 0.497 e. The first kappa shape index (κ1) is 26.2. The molecule has 1 heterocycles. The fourth-order valence-electron chi connectivity index (χ4n) is 8.24. The Balaban J connectivity index is 1.54. The van der Waals surface area contributed by atoms with Crippen LogP contribution in [0, 0.1) is 11.3 Å². The van der Waals surface area contributed by atoms with E-state index >= 15 is 0 Å². The first-order chi connectivity index (χ1) is 19.3. The first-order valence-electron chi connectivity index (χ1n) is 13.7. The fraction of sp³-hybridized carbons (Fsp3) is 0.353. The van der Waals surface area contributed by atoms with Gasteiger partial charge >= 0.3 is 5.97 Å². The quantitative estimate of drug-likeness (QED) is 0.312. The molecule has 6 heteroatoms. The molecule has 1 aliphatic heterocycles. The monoisotopic (exact) mass is 537 g/mol. The molecule has 0 radical (unpaired) electrons. The zero-order chi connectivity index (χ0) is 28.3. The van der Waals surface area contributed by atoms with Crippen LogP contribution in [0.2, 0.25) is 0 Å². The summed E-state index contributed by atoms with van der Waals surface area (Å²) in [6.07, 6.45) is 1.67. The Morgan fingerprint density at radius 1 is 0.875 bits per heavy atom. The standard InChI is InChI=1S/C34H35NO5/c1-22(25-10-6-9-13-28(25)39-4)30(36)35-20-29-33(23-14-16-24(38-3)17-15-23)19-18-32(2,26-11-7-8-12-27(26)33)34(29,21-35)31(37)40-5/h6-17,29H,1,18-21H2,2-5H3. The summed E-state index contributed by atoms with van der Waals surface area (Å²) in [4.78, 5) is 30.1. The topological polar surface area (TPSA) is 65.1 Å². The van der Waals surface area contributed by atoms with Crippen LogP contribution in [0.25, 0.3) is 5.57 Å². The van der Waals surface area contributed by atoms with Crippen molar-refractivity contribution in [3.8, 4) is 11.5 Å². The molecule has 4 aliphatic rings. The van der Waals surface area contributed by atoms with Crippen molar-refractivity contribution in [3.05, 3.63) is 102 Å². The molecule has 0 aromatic heterocycles. The Morgan fingerprint density at radius 3 is 2.23 bits per heavy atom. The molecular weight excluding hydrogens is 502 g/mol. The minimum absolute atomic E-state index is 0.191. The Hall–Kier alpha value is -4.06. The minimum atomic E-state index is -0.926. The molecule has 4 atom stereocenters. The second kappa shape index (κ2) is 9.26. The van der Waals surface area contributed by atoms with E-state index in [0.717, 1.165) is 29.7 Å². The van der Waals surface area contributed by atoms with Crippen molar-refractivity contribution in [2.24, 2.45) is 11.3 Å². The van der Waals surface area contributed by atoms with Gasteiger partial charge in [0.05, 0.1) is 21.3 Å². The summed E-state index contributed by atoms with van der Waals surface area (Å²) in [6, 6.07) is 24.1. The van der Waals surface area contributed by atoms with E-state index in [2.05, 4.69) is 43.8 Å². The molecule has 2 bridgehead atoms.